The van der Waals surface area contributed by atoms with Crippen LogP contribution in [0.25, 0.3) is 0 Å². The van der Waals surface area contributed by atoms with Crippen LogP contribution in [0.1, 0.15) is 62.5 Å². The molecule has 2 aliphatic rings. The molecule has 2 aromatic carbocycles. The van der Waals surface area contributed by atoms with Gasteiger partial charge in [-0.2, -0.15) is 0 Å². The molecule has 4 atom stereocenters. The second-order valence-corrected chi connectivity index (χ2v) is 12.5. The molecule has 0 aromatic heterocycles. The van der Waals surface area contributed by atoms with Gasteiger partial charge >= 0.3 is 5.97 Å². The van der Waals surface area contributed by atoms with E-state index in [0.717, 1.165) is 62.5 Å². The molecule has 0 radical (unpaired) electrons. The molecule has 0 spiro atoms. The molecular weight excluding hydrogens is 560 g/mol. The van der Waals surface area contributed by atoms with Crippen molar-refractivity contribution in [2.45, 2.75) is 88.6 Å². The van der Waals surface area contributed by atoms with Crippen LogP contribution in [0.5, 0.6) is 11.5 Å². The minimum atomic E-state index is -0.855. The molecule has 0 bridgehead atoms. The highest BCUT2D eigenvalue weighted by atomic mass is 16.5. The van der Waals surface area contributed by atoms with Crippen LogP contribution >= 0.6 is 0 Å². The Morgan fingerprint density at radius 1 is 0.750 bits per heavy atom. The van der Waals surface area contributed by atoms with Gasteiger partial charge in [-0.3, -0.25) is 29.2 Å². The highest BCUT2D eigenvalue weighted by Crippen LogP contribution is 2.31. The molecular formula is C34H50N4O6. The van der Waals surface area contributed by atoms with Crippen LogP contribution in [-0.2, 0) is 27.4 Å². The first-order chi connectivity index (χ1) is 21.3. The maximum Gasteiger partial charge on any atom is 0.317 e. The zero-order valence-corrected chi connectivity index (χ0v) is 26.3. The number of benzene rings is 2. The fraction of sp³-hybridized carbons (Fsp3) is 0.588. The second-order valence-electron chi connectivity index (χ2n) is 12.5. The van der Waals surface area contributed by atoms with E-state index < -0.39 is 5.97 Å². The van der Waals surface area contributed by atoms with Gasteiger partial charge in [-0.15, -0.1) is 0 Å². The molecule has 0 unspecified atom stereocenters. The average molecular weight is 611 g/mol. The monoisotopic (exact) mass is 610 g/mol. The number of phenolic OH excluding ortho intramolecular Hbond substituents is 2. The van der Waals surface area contributed by atoms with Crippen molar-refractivity contribution in [1.29, 1.82) is 0 Å². The van der Waals surface area contributed by atoms with Crippen LogP contribution in [0, 0.1) is 0 Å². The highest BCUT2D eigenvalue weighted by Gasteiger charge is 2.36. The van der Waals surface area contributed by atoms with Gasteiger partial charge in [-0.25, -0.2) is 0 Å². The summed E-state index contributed by atoms with van der Waals surface area (Å²) in [4.78, 5) is 32.3. The lowest BCUT2D eigenvalue weighted by atomic mass is 9.87. The van der Waals surface area contributed by atoms with Gasteiger partial charge in [0.1, 0.15) is 18.2 Å². The Kier molecular flexibility index (Phi) is 12.8. The first kappa shape index (κ1) is 33.7. The third-order valence-electron chi connectivity index (χ3n) is 9.60. The number of para-hydroxylation sites is 2. The number of rotatable bonds is 16. The Morgan fingerprint density at radius 2 is 1.18 bits per heavy atom. The zero-order chi connectivity index (χ0) is 31.5. The standard InChI is InChI=1S/C34H50N4O6/c1-35(21-26-11-3-9-17-32(26)40)28-13-5-7-15-30(28)37(23-34(42)43)19-20-38(24-44-25-39)31-16-8-6-14-29(31)36(2)22-27-12-4-10-18-33(27)41/h3-4,9-12,17-18,25,28-31,40-41H,5-8,13-16,19-24H2,1-2H3,(H,42,43)/t28-,29+,30-,31+/m0/s1. The van der Waals surface area contributed by atoms with E-state index in [4.69, 9.17) is 4.74 Å². The molecule has 2 aromatic rings. The van der Waals surface area contributed by atoms with E-state index in [9.17, 15) is 24.9 Å². The molecule has 0 heterocycles. The van der Waals surface area contributed by atoms with E-state index in [0.29, 0.717) is 32.7 Å². The van der Waals surface area contributed by atoms with Gasteiger partial charge in [0.05, 0.1) is 6.54 Å². The first-order valence-corrected chi connectivity index (χ1v) is 16.0. The number of carbonyl (C=O) groups excluding carboxylic acids is 1. The second kappa shape index (κ2) is 16.8. The summed E-state index contributed by atoms with van der Waals surface area (Å²) in [6, 6.07) is 15.3. The third kappa shape index (κ3) is 9.17. The average Bonchev–Trinajstić information content (AvgIpc) is 3.02. The van der Waals surface area contributed by atoms with Crippen molar-refractivity contribution < 1.29 is 29.6 Å². The van der Waals surface area contributed by atoms with Gasteiger partial charge in [-0.1, -0.05) is 62.1 Å². The number of hydrogen-bond donors (Lipinski definition) is 3. The number of aromatic hydroxyl groups is 2. The van der Waals surface area contributed by atoms with Crippen molar-refractivity contribution in [3.05, 3.63) is 59.7 Å². The first-order valence-electron chi connectivity index (χ1n) is 16.0. The number of aliphatic carboxylic acids is 1. The van der Waals surface area contributed by atoms with Crippen LogP contribution in [0.2, 0.25) is 0 Å². The number of hydrogen-bond acceptors (Lipinski definition) is 9. The Bertz CT molecular complexity index is 1200. The quantitative estimate of drug-likeness (QED) is 0.189. The van der Waals surface area contributed by atoms with E-state index in [1.165, 1.54) is 0 Å². The SMILES string of the molecule is CN(Cc1ccccc1O)[C@@H]1CCCC[C@H]1N(CCN(CC(=O)O)[C@H]1CCCC[C@@H]1N(C)Cc1ccccc1O)COC=O. The van der Waals surface area contributed by atoms with Gasteiger partial charge in [0.2, 0.25) is 0 Å². The third-order valence-corrected chi connectivity index (χ3v) is 9.60. The Labute approximate surface area is 261 Å². The minimum Gasteiger partial charge on any atom is -0.508 e. The van der Waals surface area contributed by atoms with Gasteiger partial charge < -0.3 is 20.1 Å². The lowest BCUT2D eigenvalue weighted by molar-refractivity contribution is -0.140. The van der Waals surface area contributed by atoms with Gasteiger partial charge in [0.25, 0.3) is 6.47 Å². The van der Waals surface area contributed by atoms with Crippen molar-refractivity contribution in [2.24, 2.45) is 0 Å². The maximum atomic E-state index is 12.1. The lowest BCUT2D eigenvalue weighted by Gasteiger charge is -2.46. The zero-order valence-electron chi connectivity index (χ0n) is 26.3. The molecule has 0 aliphatic heterocycles. The smallest absolute Gasteiger partial charge is 0.317 e. The molecule has 3 N–H and O–H groups in total. The summed E-state index contributed by atoms with van der Waals surface area (Å²) in [7, 11) is 4.14. The van der Waals surface area contributed by atoms with Crippen LogP contribution in [0.3, 0.4) is 0 Å². The summed E-state index contributed by atoms with van der Waals surface area (Å²) in [6.45, 7) is 2.87. The molecule has 44 heavy (non-hydrogen) atoms. The summed E-state index contributed by atoms with van der Waals surface area (Å²) in [5.74, 6) is -0.299. The molecule has 10 nitrogen and oxygen atoms in total. The highest BCUT2D eigenvalue weighted by molar-refractivity contribution is 5.69. The molecule has 242 valence electrons. The van der Waals surface area contributed by atoms with Crippen LogP contribution in [0.15, 0.2) is 48.5 Å². The molecule has 0 saturated heterocycles. The Balaban J connectivity index is 1.50. The van der Waals surface area contributed by atoms with E-state index in [2.05, 4.69) is 33.7 Å². The number of carboxylic acids is 1. The molecule has 2 fully saturated rings. The van der Waals surface area contributed by atoms with Crippen molar-refractivity contribution in [1.82, 2.24) is 19.6 Å². The van der Waals surface area contributed by atoms with Crippen molar-refractivity contribution in [2.75, 3.05) is 40.5 Å². The van der Waals surface area contributed by atoms with Crippen molar-refractivity contribution >= 4 is 12.4 Å². The lowest BCUT2D eigenvalue weighted by Crippen LogP contribution is -2.57. The summed E-state index contributed by atoms with van der Waals surface area (Å²) in [6.07, 6.45) is 8.12. The fourth-order valence-corrected chi connectivity index (χ4v) is 7.37. The summed E-state index contributed by atoms with van der Waals surface area (Å²) >= 11 is 0. The van der Waals surface area contributed by atoms with Crippen LogP contribution in [-0.4, -0.2) is 112 Å². The van der Waals surface area contributed by atoms with Crippen molar-refractivity contribution in [3.8, 4) is 11.5 Å². The number of ether oxygens (including phenoxy) is 1. The van der Waals surface area contributed by atoms with E-state index in [1.54, 1.807) is 12.1 Å². The molecule has 2 saturated carbocycles. The van der Waals surface area contributed by atoms with Crippen molar-refractivity contribution in [3.63, 3.8) is 0 Å². The predicted molar refractivity (Wildman–Crippen MR) is 169 cm³/mol. The van der Waals surface area contributed by atoms with E-state index in [-0.39, 0.29) is 48.9 Å². The number of likely N-dealkylation sites (N-methyl/N-ethyl adjacent to an activating group) is 2. The number of carbonyl (C=O) groups is 2. The summed E-state index contributed by atoms with van der Waals surface area (Å²) in [5, 5.41) is 30.7. The Hall–Kier alpha value is -3.18. The topological polar surface area (TPSA) is 117 Å². The van der Waals surface area contributed by atoms with Gasteiger partial charge in [0.15, 0.2) is 0 Å². The minimum absolute atomic E-state index is 0.0513. The number of phenols is 2. The molecule has 2 aliphatic carbocycles. The fourth-order valence-electron chi connectivity index (χ4n) is 7.37. The van der Waals surface area contributed by atoms with E-state index >= 15 is 0 Å². The Morgan fingerprint density at radius 3 is 1.64 bits per heavy atom. The van der Waals surface area contributed by atoms with Gasteiger partial charge in [-0.05, 0) is 51.9 Å². The van der Waals surface area contributed by atoms with E-state index in [1.807, 2.05) is 36.4 Å². The number of nitrogens with zero attached hydrogens (tertiary/aromatic N) is 4. The maximum absolute atomic E-state index is 12.1. The molecule has 4 rings (SSSR count). The summed E-state index contributed by atoms with van der Waals surface area (Å²) in [5.41, 5.74) is 1.73. The van der Waals surface area contributed by atoms with Gasteiger partial charge in [0, 0.05) is 61.5 Å². The summed E-state index contributed by atoms with van der Waals surface area (Å²) < 4.78 is 5.33. The largest absolute Gasteiger partial charge is 0.508 e. The predicted octanol–water partition coefficient (Wildman–Crippen LogP) is 4.10. The van der Waals surface area contributed by atoms with Crippen LogP contribution < -0.4 is 0 Å². The number of carboxylic acid groups (broad SMARTS) is 1. The molecule has 0 amide bonds. The van der Waals surface area contributed by atoms with Crippen LogP contribution in [0.4, 0.5) is 0 Å². The molecule has 10 heteroatoms. The normalized spacial score (nSPS) is 22.5.